The number of hydrogen-bond donors (Lipinski definition) is 2. The van der Waals surface area contributed by atoms with Gasteiger partial charge in [0.1, 0.15) is 0 Å². The number of nitrogens with two attached hydrogens (primary N) is 1. The molecule has 2 aromatic rings. The second kappa shape index (κ2) is 7.25. The molecule has 2 rings (SSSR count). The average Bonchev–Trinajstić information content (AvgIpc) is 2.41. The molecule has 106 valence electrons. The van der Waals surface area contributed by atoms with Crippen molar-refractivity contribution < 1.29 is 0 Å². The van der Waals surface area contributed by atoms with E-state index in [4.69, 9.17) is 29.0 Å². The number of halogens is 4. The van der Waals surface area contributed by atoms with Crippen molar-refractivity contribution in [1.82, 2.24) is 5.43 Å². The zero-order valence-corrected chi connectivity index (χ0v) is 15.0. The monoisotopic (exact) mass is 436 g/mol. The van der Waals surface area contributed by atoms with E-state index in [0.717, 1.165) is 20.1 Å². The van der Waals surface area contributed by atoms with Gasteiger partial charge in [0.2, 0.25) is 0 Å². The Morgan fingerprint density at radius 3 is 2.50 bits per heavy atom. The third kappa shape index (κ3) is 3.97. The van der Waals surface area contributed by atoms with Crippen molar-refractivity contribution in [3.05, 3.63) is 66.5 Å². The molecule has 0 aliphatic heterocycles. The molecule has 0 bridgehead atoms. The molecule has 3 N–H and O–H groups in total. The Hall–Kier alpha value is -0.100. The van der Waals surface area contributed by atoms with E-state index in [1.54, 1.807) is 6.07 Å². The van der Waals surface area contributed by atoms with Gasteiger partial charge in [-0.25, -0.2) is 0 Å². The van der Waals surface area contributed by atoms with Crippen LogP contribution >= 0.6 is 55.1 Å². The van der Waals surface area contributed by atoms with E-state index in [1.807, 2.05) is 30.3 Å². The standard InChI is InChI=1S/C14H12Br2Cl2N2/c15-9-2-4-12(16)11(6-9)14(20-19)5-8-1-3-10(17)7-13(8)18/h1-4,6-7,14,20H,5,19H2. The first-order chi connectivity index (χ1) is 9.51. The lowest BCUT2D eigenvalue weighted by Gasteiger charge is -2.19. The molecule has 0 aromatic heterocycles. The van der Waals surface area contributed by atoms with Crippen LogP contribution in [-0.4, -0.2) is 0 Å². The highest BCUT2D eigenvalue weighted by atomic mass is 79.9. The highest BCUT2D eigenvalue weighted by molar-refractivity contribution is 9.11. The Bertz CT molecular complexity index is 620. The molecule has 0 saturated carbocycles. The van der Waals surface area contributed by atoms with Gasteiger partial charge in [-0.15, -0.1) is 0 Å². The molecule has 0 fully saturated rings. The maximum absolute atomic E-state index is 6.22. The van der Waals surface area contributed by atoms with Gasteiger partial charge in [0.15, 0.2) is 0 Å². The first kappa shape index (κ1) is 16.3. The number of nitrogens with one attached hydrogen (secondary N) is 1. The highest BCUT2D eigenvalue weighted by Crippen LogP contribution is 2.31. The first-order valence-electron chi connectivity index (χ1n) is 5.86. The van der Waals surface area contributed by atoms with Gasteiger partial charge < -0.3 is 0 Å². The molecule has 0 radical (unpaired) electrons. The molecule has 0 heterocycles. The Morgan fingerprint density at radius 2 is 1.85 bits per heavy atom. The van der Waals surface area contributed by atoms with Crippen LogP contribution in [0.2, 0.25) is 10.0 Å². The molecule has 20 heavy (non-hydrogen) atoms. The van der Waals surface area contributed by atoms with Crippen molar-refractivity contribution >= 4 is 55.1 Å². The lowest BCUT2D eigenvalue weighted by molar-refractivity contribution is 0.550. The minimum atomic E-state index is -0.0550. The van der Waals surface area contributed by atoms with Crippen LogP contribution in [0.3, 0.4) is 0 Å². The van der Waals surface area contributed by atoms with E-state index in [9.17, 15) is 0 Å². The third-order valence-corrected chi connectivity index (χ3v) is 4.78. The quantitative estimate of drug-likeness (QED) is 0.504. The fraction of sp³-hybridized carbons (Fsp3) is 0.143. The Balaban J connectivity index is 2.31. The second-order valence-corrected chi connectivity index (χ2v) is 6.94. The molecule has 0 amide bonds. The van der Waals surface area contributed by atoms with Crippen molar-refractivity contribution in [2.45, 2.75) is 12.5 Å². The fourth-order valence-electron chi connectivity index (χ4n) is 1.95. The Kier molecular flexibility index (Phi) is 5.90. The highest BCUT2D eigenvalue weighted by Gasteiger charge is 2.16. The summed E-state index contributed by atoms with van der Waals surface area (Å²) in [6.45, 7) is 0. The van der Waals surface area contributed by atoms with Crippen LogP contribution in [-0.2, 0) is 6.42 Å². The number of hydrazine groups is 1. The van der Waals surface area contributed by atoms with Crippen LogP contribution in [0.15, 0.2) is 45.3 Å². The minimum absolute atomic E-state index is 0.0550. The molecule has 2 nitrogen and oxygen atoms in total. The van der Waals surface area contributed by atoms with Gasteiger partial charge in [0.25, 0.3) is 0 Å². The van der Waals surface area contributed by atoms with Crippen molar-refractivity contribution in [1.29, 1.82) is 0 Å². The fourth-order valence-corrected chi connectivity index (χ4v) is 3.33. The summed E-state index contributed by atoms with van der Waals surface area (Å²) in [4.78, 5) is 0. The first-order valence-corrected chi connectivity index (χ1v) is 8.20. The van der Waals surface area contributed by atoms with Crippen LogP contribution in [0.4, 0.5) is 0 Å². The predicted octanol–water partition coefficient (Wildman–Crippen LogP) is 5.27. The maximum Gasteiger partial charge on any atom is 0.0512 e. The summed E-state index contributed by atoms with van der Waals surface area (Å²) in [5.74, 6) is 5.70. The van der Waals surface area contributed by atoms with Crippen LogP contribution in [0.1, 0.15) is 17.2 Å². The van der Waals surface area contributed by atoms with E-state index in [1.165, 1.54) is 0 Å². The maximum atomic E-state index is 6.22. The molecule has 0 aliphatic carbocycles. The number of benzene rings is 2. The van der Waals surface area contributed by atoms with E-state index in [-0.39, 0.29) is 6.04 Å². The van der Waals surface area contributed by atoms with Gasteiger partial charge in [0.05, 0.1) is 6.04 Å². The topological polar surface area (TPSA) is 38.0 Å². The van der Waals surface area contributed by atoms with Crippen LogP contribution in [0.5, 0.6) is 0 Å². The smallest absolute Gasteiger partial charge is 0.0512 e. The van der Waals surface area contributed by atoms with Crippen molar-refractivity contribution in [2.24, 2.45) is 5.84 Å². The van der Waals surface area contributed by atoms with E-state index >= 15 is 0 Å². The lowest BCUT2D eigenvalue weighted by Crippen LogP contribution is -2.30. The van der Waals surface area contributed by atoms with E-state index in [0.29, 0.717) is 16.5 Å². The zero-order chi connectivity index (χ0) is 14.7. The normalized spacial score (nSPS) is 12.4. The molecule has 1 unspecified atom stereocenters. The minimum Gasteiger partial charge on any atom is -0.271 e. The summed E-state index contributed by atoms with van der Waals surface area (Å²) >= 11 is 19.1. The molecule has 0 aliphatic rings. The molecular formula is C14H12Br2Cl2N2. The van der Waals surface area contributed by atoms with Crippen LogP contribution in [0, 0.1) is 0 Å². The summed E-state index contributed by atoms with van der Waals surface area (Å²) in [5, 5.41) is 1.27. The van der Waals surface area contributed by atoms with E-state index in [2.05, 4.69) is 37.3 Å². The second-order valence-electron chi connectivity index (χ2n) is 4.32. The molecular weight excluding hydrogens is 427 g/mol. The van der Waals surface area contributed by atoms with Crippen molar-refractivity contribution in [3.8, 4) is 0 Å². The average molecular weight is 439 g/mol. The van der Waals surface area contributed by atoms with Crippen molar-refractivity contribution in [3.63, 3.8) is 0 Å². The summed E-state index contributed by atoms with van der Waals surface area (Å²) in [6.07, 6.45) is 0.668. The van der Waals surface area contributed by atoms with Gasteiger partial charge >= 0.3 is 0 Å². The van der Waals surface area contributed by atoms with Gasteiger partial charge in [-0.2, -0.15) is 0 Å². The Labute approximate surface area is 144 Å². The lowest BCUT2D eigenvalue weighted by atomic mass is 9.99. The van der Waals surface area contributed by atoms with Gasteiger partial charge in [-0.3, -0.25) is 11.3 Å². The molecule has 0 saturated heterocycles. The Morgan fingerprint density at radius 1 is 1.10 bits per heavy atom. The zero-order valence-electron chi connectivity index (χ0n) is 10.3. The van der Waals surface area contributed by atoms with E-state index < -0.39 is 0 Å². The molecule has 6 heteroatoms. The molecule has 0 spiro atoms. The van der Waals surface area contributed by atoms with Crippen molar-refractivity contribution in [2.75, 3.05) is 0 Å². The third-order valence-electron chi connectivity index (χ3n) is 2.97. The van der Waals surface area contributed by atoms with Crippen LogP contribution in [0.25, 0.3) is 0 Å². The van der Waals surface area contributed by atoms with Gasteiger partial charge in [-0.05, 0) is 47.9 Å². The summed E-state index contributed by atoms with van der Waals surface area (Å²) in [5.41, 5.74) is 4.89. The number of hydrogen-bond acceptors (Lipinski definition) is 2. The summed E-state index contributed by atoms with van der Waals surface area (Å²) < 4.78 is 1.99. The predicted molar refractivity (Wildman–Crippen MR) is 92.1 cm³/mol. The summed E-state index contributed by atoms with van der Waals surface area (Å²) in [6, 6.07) is 11.4. The largest absolute Gasteiger partial charge is 0.271 e. The number of rotatable bonds is 4. The SMILES string of the molecule is NNC(Cc1ccc(Cl)cc1Cl)c1cc(Br)ccc1Br. The molecule has 1 atom stereocenters. The molecule has 2 aromatic carbocycles. The van der Waals surface area contributed by atoms with Gasteiger partial charge in [-0.1, -0.05) is 61.1 Å². The van der Waals surface area contributed by atoms with Crippen LogP contribution < -0.4 is 11.3 Å². The van der Waals surface area contributed by atoms with Gasteiger partial charge in [0, 0.05) is 19.0 Å². The summed E-state index contributed by atoms with van der Waals surface area (Å²) in [7, 11) is 0.